The third-order valence-electron chi connectivity index (χ3n) is 3.97. The van der Waals surface area contributed by atoms with Crippen molar-refractivity contribution in [3.8, 4) is 0 Å². The van der Waals surface area contributed by atoms with Gasteiger partial charge in [-0.25, -0.2) is 9.18 Å². The maximum atomic E-state index is 13.7. The maximum Gasteiger partial charge on any atom is 0.326 e. The Morgan fingerprint density at radius 3 is 2.81 bits per heavy atom. The Labute approximate surface area is 155 Å². The van der Waals surface area contributed by atoms with Gasteiger partial charge in [0.1, 0.15) is 17.9 Å². The average Bonchev–Trinajstić information content (AvgIpc) is 2.61. The zero-order valence-corrected chi connectivity index (χ0v) is 15.1. The summed E-state index contributed by atoms with van der Waals surface area (Å²) in [5.74, 6) is -2.10. The number of nitrogens with one attached hydrogen (secondary N) is 2. The number of carbonyl (C=O) groups excluding carboxylic acids is 2. The van der Waals surface area contributed by atoms with Crippen LogP contribution in [0.15, 0.2) is 36.4 Å². The fourth-order valence-corrected chi connectivity index (χ4v) is 3.69. The molecule has 2 rings (SSSR count). The summed E-state index contributed by atoms with van der Waals surface area (Å²) in [4.78, 5) is 35.7. The van der Waals surface area contributed by atoms with Gasteiger partial charge in [-0.15, -0.1) is 11.8 Å². The summed E-state index contributed by atoms with van der Waals surface area (Å²) < 4.78 is 13.7. The van der Waals surface area contributed by atoms with E-state index < -0.39 is 29.2 Å². The van der Waals surface area contributed by atoms with Gasteiger partial charge in [0, 0.05) is 5.75 Å². The van der Waals surface area contributed by atoms with Gasteiger partial charge in [-0.3, -0.25) is 9.59 Å². The number of halogens is 1. The first-order valence-electron chi connectivity index (χ1n) is 8.22. The first-order chi connectivity index (χ1) is 12.4. The molecule has 1 fully saturated rings. The highest BCUT2D eigenvalue weighted by Crippen LogP contribution is 2.23. The predicted molar refractivity (Wildman–Crippen MR) is 97.3 cm³/mol. The Hall–Kier alpha value is -2.35. The first-order valence-corrected chi connectivity index (χ1v) is 9.27. The number of benzene rings is 1. The Morgan fingerprint density at radius 1 is 1.46 bits per heavy atom. The SMILES string of the molecule is C/C=C/CC(NC(=O)C1CSC(Cc2ccccc2F)C(=O)N1)C(=O)O. The molecule has 140 valence electrons. The molecule has 0 spiro atoms. The van der Waals surface area contributed by atoms with Crippen LogP contribution in [0, 0.1) is 5.82 Å². The number of thioether (sulfide) groups is 1. The number of amides is 2. The van der Waals surface area contributed by atoms with E-state index in [1.807, 2.05) is 0 Å². The summed E-state index contributed by atoms with van der Waals surface area (Å²) in [7, 11) is 0. The fourth-order valence-electron chi connectivity index (χ4n) is 2.52. The van der Waals surface area contributed by atoms with E-state index >= 15 is 0 Å². The second-order valence-electron chi connectivity index (χ2n) is 5.88. The highest BCUT2D eigenvalue weighted by atomic mass is 32.2. The van der Waals surface area contributed by atoms with Crippen LogP contribution >= 0.6 is 11.8 Å². The molecule has 3 N–H and O–H groups in total. The Balaban J connectivity index is 1.92. The number of allylic oxidation sites excluding steroid dienone is 1. The van der Waals surface area contributed by atoms with Crippen molar-refractivity contribution in [2.24, 2.45) is 0 Å². The normalized spacial score (nSPS) is 21.2. The minimum Gasteiger partial charge on any atom is -0.480 e. The number of hydrogen-bond acceptors (Lipinski definition) is 4. The zero-order valence-electron chi connectivity index (χ0n) is 14.3. The van der Waals surface area contributed by atoms with Gasteiger partial charge in [0.05, 0.1) is 5.25 Å². The predicted octanol–water partition coefficient (Wildman–Crippen LogP) is 1.50. The molecule has 0 radical (unpaired) electrons. The van der Waals surface area contributed by atoms with Crippen LogP contribution in [0.2, 0.25) is 0 Å². The Kier molecular flexibility index (Phi) is 7.20. The second-order valence-corrected chi connectivity index (χ2v) is 7.12. The van der Waals surface area contributed by atoms with Crippen LogP contribution in [0.1, 0.15) is 18.9 Å². The number of carboxylic acid groups (broad SMARTS) is 1. The third kappa shape index (κ3) is 5.32. The van der Waals surface area contributed by atoms with Crippen molar-refractivity contribution in [2.45, 2.75) is 37.1 Å². The lowest BCUT2D eigenvalue weighted by Crippen LogP contribution is -2.56. The number of hydrogen-bond donors (Lipinski definition) is 3. The van der Waals surface area contributed by atoms with Crippen molar-refractivity contribution in [3.05, 3.63) is 47.8 Å². The summed E-state index contributed by atoms with van der Waals surface area (Å²) >= 11 is 1.26. The van der Waals surface area contributed by atoms with Gasteiger partial charge in [-0.2, -0.15) is 0 Å². The van der Waals surface area contributed by atoms with Crippen LogP contribution in [-0.4, -0.2) is 46.0 Å². The van der Waals surface area contributed by atoms with Crippen molar-refractivity contribution >= 4 is 29.5 Å². The summed E-state index contributed by atoms with van der Waals surface area (Å²) in [6.07, 6.45) is 3.75. The molecular formula is C18H21FN2O4S. The van der Waals surface area contributed by atoms with Crippen LogP contribution in [-0.2, 0) is 20.8 Å². The minimum absolute atomic E-state index is 0.168. The molecule has 0 aromatic heterocycles. The van der Waals surface area contributed by atoms with Crippen molar-refractivity contribution in [1.29, 1.82) is 0 Å². The monoisotopic (exact) mass is 380 g/mol. The van der Waals surface area contributed by atoms with Crippen molar-refractivity contribution < 1.29 is 23.9 Å². The molecule has 6 nitrogen and oxygen atoms in total. The van der Waals surface area contributed by atoms with Gasteiger partial charge in [-0.1, -0.05) is 30.4 Å². The summed E-state index contributed by atoms with van der Waals surface area (Å²) in [6.45, 7) is 1.76. The molecular weight excluding hydrogens is 359 g/mol. The van der Waals surface area contributed by atoms with E-state index in [9.17, 15) is 18.8 Å². The molecule has 0 bridgehead atoms. The van der Waals surface area contributed by atoms with E-state index in [-0.39, 0.29) is 24.6 Å². The lowest BCUT2D eigenvalue weighted by atomic mass is 10.1. The quantitative estimate of drug-likeness (QED) is 0.623. The number of carbonyl (C=O) groups is 3. The third-order valence-corrected chi connectivity index (χ3v) is 5.28. The van der Waals surface area contributed by atoms with E-state index in [1.165, 1.54) is 17.8 Å². The molecule has 3 atom stereocenters. The van der Waals surface area contributed by atoms with E-state index in [4.69, 9.17) is 5.11 Å². The van der Waals surface area contributed by atoms with Crippen LogP contribution in [0.3, 0.4) is 0 Å². The van der Waals surface area contributed by atoms with E-state index in [2.05, 4.69) is 10.6 Å². The molecule has 1 aliphatic rings. The van der Waals surface area contributed by atoms with Gasteiger partial charge >= 0.3 is 5.97 Å². The molecule has 8 heteroatoms. The Bertz CT molecular complexity index is 710. The van der Waals surface area contributed by atoms with E-state index in [0.29, 0.717) is 11.3 Å². The highest BCUT2D eigenvalue weighted by molar-refractivity contribution is 8.00. The number of aliphatic carboxylic acids is 1. The number of carboxylic acids is 1. The van der Waals surface area contributed by atoms with Crippen molar-refractivity contribution in [2.75, 3.05) is 5.75 Å². The molecule has 0 aliphatic carbocycles. The molecule has 1 aromatic rings. The molecule has 0 saturated carbocycles. The molecule has 1 aliphatic heterocycles. The van der Waals surface area contributed by atoms with Crippen LogP contribution < -0.4 is 10.6 Å². The molecule has 1 aromatic carbocycles. The molecule has 1 saturated heterocycles. The maximum absolute atomic E-state index is 13.7. The van der Waals surface area contributed by atoms with Crippen LogP contribution in [0.25, 0.3) is 0 Å². The minimum atomic E-state index is -1.14. The molecule has 1 heterocycles. The molecule has 26 heavy (non-hydrogen) atoms. The van der Waals surface area contributed by atoms with E-state index in [1.54, 1.807) is 37.3 Å². The molecule has 3 unspecified atom stereocenters. The van der Waals surface area contributed by atoms with Gasteiger partial charge in [0.25, 0.3) is 0 Å². The topological polar surface area (TPSA) is 95.5 Å². The van der Waals surface area contributed by atoms with E-state index in [0.717, 1.165) is 0 Å². The first kappa shape index (κ1) is 20.0. The summed E-state index contributed by atoms with van der Waals surface area (Å²) in [5, 5.41) is 13.7. The zero-order chi connectivity index (χ0) is 19.1. The van der Waals surface area contributed by atoms with Gasteiger partial charge in [-0.05, 0) is 31.4 Å². The standard InChI is InChI=1S/C18H21FN2O4S/c1-2-3-8-13(18(24)25)20-16(22)14-10-26-15(17(23)21-14)9-11-6-4-5-7-12(11)19/h2-7,13-15H,8-10H2,1H3,(H,20,22)(H,21,23)(H,24,25)/b3-2+. The second kappa shape index (κ2) is 9.38. The van der Waals surface area contributed by atoms with Crippen molar-refractivity contribution in [3.63, 3.8) is 0 Å². The largest absolute Gasteiger partial charge is 0.480 e. The summed E-state index contributed by atoms with van der Waals surface area (Å²) in [5.41, 5.74) is 0.445. The highest BCUT2D eigenvalue weighted by Gasteiger charge is 2.34. The van der Waals surface area contributed by atoms with Crippen LogP contribution in [0.5, 0.6) is 0 Å². The smallest absolute Gasteiger partial charge is 0.326 e. The fraction of sp³-hybridized carbons (Fsp3) is 0.389. The average molecular weight is 380 g/mol. The lowest BCUT2D eigenvalue weighted by Gasteiger charge is -2.29. The van der Waals surface area contributed by atoms with Gasteiger partial charge in [0.2, 0.25) is 11.8 Å². The Morgan fingerprint density at radius 2 is 2.19 bits per heavy atom. The number of rotatable bonds is 7. The van der Waals surface area contributed by atoms with Crippen molar-refractivity contribution in [1.82, 2.24) is 10.6 Å². The van der Waals surface area contributed by atoms with Gasteiger partial charge in [0.15, 0.2) is 0 Å². The van der Waals surface area contributed by atoms with Gasteiger partial charge < -0.3 is 15.7 Å². The molecule has 2 amide bonds. The summed E-state index contributed by atoms with van der Waals surface area (Å²) in [6, 6.07) is 4.40. The van der Waals surface area contributed by atoms with Crippen LogP contribution in [0.4, 0.5) is 4.39 Å². The lowest BCUT2D eigenvalue weighted by molar-refractivity contribution is -0.142.